The van der Waals surface area contributed by atoms with Crippen molar-refractivity contribution in [2.45, 2.75) is 71.6 Å². The van der Waals surface area contributed by atoms with Crippen LogP contribution in [0.4, 0.5) is 0 Å². The van der Waals surface area contributed by atoms with Crippen molar-refractivity contribution in [3.63, 3.8) is 0 Å². The van der Waals surface area contributed by atoms with Crippen LogP contribution in [-0.4, -0.2) is 0 Å². The van der Waals surface area contributed by atoms with Crippen LogP contribution in [-0.2, 0) is 21.7 Å². The molecule has 0 unspecified atom stereocenters. The summed E-state index contributed by atoms with van der Waals surface area (Å²) in [5.41, 5.74) is 6.66. The van der Waals surface area contributed by atoms with Crippen molar-refractivity contribution in [1.82, 2.24) is 0 Å². The molecule has 0 heterocycles. The normalized spacial score (nSPS) is 15.7. The van der Waals surface area contributed by atoms with Gasteiger partial charge in [0.1, 0.15) is 0 Å². The van der Waals surface area contributed by atoms with E-state index in [0.717, 1.165) is 0 Å². The maximum absolute atomic E-state index is 2.37. The maximum atomic E-state index is 2.37. The van der Waals surface area contributed by atoms with E-state index in [4.69, 9.17) is 0 Å². The molecule has 0 aliphatic heterocycles. The zero-order valence-electron chi connectivity index (χ0n) is 14.0. The smallest absolute Gasteiger partial charge is 0 e. The number of halogens is 2. The third kappa shape index (κ3) is 7.22. The van der Waals surface area contributed by atoms with Crippen LogP contribution in [0.1, 0.15) is 71.6 Å². The van der Waals surface area contributed by atoms with Gasteiger partial charge in [-0.15, -0.1) is 24.8 Å². The second-order valence-corrected chi connectivity index (χ2v) is 5.85. The van der Waals surface area contributed by atoms with Crippen molar-refractivity contribution in [3.8, 4) is 0 Å². The first-order valence-corrected chi connectivity index (χ1v) is 8.10. The van der Waals surface area contributed by atoms with Crippen LogP contribution < -0.4 is 0 Å². The van der Waals surface area contributed by atoms with Gasteiger partial charge in [0.25, 0.3) is 0 Å². The van der Waals surface area contributed by atoms with Crippen LogP contribution in [0, 0.1) is 0 Å². The van der Waals surface area contributed by atoms with E-state index in [0.29, 0.717) is 0 Å². The molecule has 2 aliphatic carbocycles. The van der Waals surface area contributed by atoms with Crippen LogP contribution in [0.15, 0.2) is 46.6 Å². The molecule has 0 nitrogen and oxygen atoms in total. The van der Waals surface area contributed by atoms with Gasteiger partial charge in [0, 0.05) is 21.7 Å². The largest absolute Gasteiger partial charge is 0.147 e. The van der Waals surface area contributed by atoms with Gasteiger partial charge in [0.05, 0.1) is 0 Å². The molecule has 0 fully saturated rings. The van der Waals surface area contributed by atoms with Gasteiger partial charge in [-0.05, 0) is 56.1 Å². The van der Waals surface area contributed by atoms with Crippen molar-refractivity contribution in [2.75, 3.05) is 0 Å². The predicted octanol–water partition coefficient (Wildman–Crippen LogP) is 7.11. The van der Waals surface area contributed by atoms with Crippen LogP contribution >= 0.6 is 24.8 Å². The molecule has 3 heteroatoms. The van der Waals surface area contributed by atoms with Crippen molar-refractivity contribution < 1.29 is 21.7 Å². The molecule has 0 spiro atoms. The number of unbranched alkanes of at least 4 members (excludes halogenated alkanes) is 2. The zero-order chi connectivity index (χ0) is 13.5. The van der Waals surface area contributed by atoms with Crippen LogP contribution in [0.3, 0.4) is 0 Å². The summed E-state index contributed by atoms with van der Waals surface area (Å²) in [5.74, 6) is 0. The number of allylic oxidation sites excluding steroid dienone is 8. The maximum Gasteiger partial charge on any atom is 0 e. The van der Waals surface area contributed by atoms with E-state index in [2.05, 4.69) is 38.2 Å². The Morgan fingerprint density at radius 3 is 1.55 bits per heavy atom. The molecule has 0 aromatic heterocycles. The molecular weight excluding hydrogens is 347 g/mol. The summed E-state index contributed by atoms with van der Waals surface area (Å²) in [4.78, 5) is 0. The van der Waals surface area contributed by atoms with Crippen molar-refractivity contribution >= 4 is 24.8 Å². The number of rotatable bonds is 8. The molecule has 0 saturated heterocycles. The molecule has 0 N–H and O–H groups in total. The third-order valence-corrected chi connectivity index (χ3v) is 4.30. The first-order valence-electron chi connectivity index (χ1n) is 8.10. The van der Waals surface area contributed by atoms with E-state index in [-0.39, 0.29) is 46.5 Å². The summed E-state index contributed by atoms with van der Waals surface area (Å²) in [6, 6.07) is 0. The fourth-order valence-electron chi connectivity index (χ4n) is 3.07. The molecule has 0 aromatic carbocycles. The van der Waals surface area contributed by atoms with Gasteiger partial charge >= 0.3 is 0 Å². The first kappa shape index (κ1) is 24.5. The zero-order valence-corrected chi connectivity index (χ0v) is 17.2. The minimum Gasteiger partial charge on any atom is -0.147 e. The fraction of sp³-hybridized carbons (Fsp3) is 0.579. The quantitative estimate of drug-likeness (QED) is 0.396. The summed E-state index contributed by atoms with van der Waals surface area (Å²) in [5, 5.41) is 0. The minimum atomic E-state index is 0. The molecule has 22 heavy (non-hydrogen) atoms. The summed E-state index contributed by atoms with van der Waals surface area (Å²) >= 11 is 0. The molecule has 0 aromatic rings. The second kappa shape index (κ2) is 13.7. The molecule has 124 valence electrons. The fourth-order valence-corrected chi connectivity index (χ4v) is 3.07. The summed E-state index contributed by atoms with van der Waals surface area (Å²) < 4.78 is 0. The van der Waals surface area contributed by atoms with Crippen LogP contribution in [0.2, 0.25) is 0 Å². The standard InChI is InChI=1S/C19H28.2ClH.Ti/c1-3-5-9-16-11-7-13-18(16)15-19-14-8-12-17(19)10-6-4-2;;;/h7-8,11-12H,3-6,9-10,13-15H2,1-2H3;2*1H;. The molecule has 0 saturated carbocycles. The summed E-state index contributed by atoms with van der Waals surface area (Å²) in [6.07, 6.45) is 20.9. The van der Waals surface area contributed by atoms with Gasteiger partial charge in [-0.3, -0.25) is 0 Å². The average molecular weight is 377 g/mol. The molecule has 0 amide bonds. The first-order chi connectivity index (χ1) is 9.35. The van der Waals surface area contributed by atoms with E-state index >= 15 is 0 Å². The average Bonchev–Trinajstić information content (AvgIpc) is 3.04. The molecule has 0 radical (unpaired) electrons. The van der Waals surface area contributed by atoms with Crippen LogP contribution in [0.5, 0.6) is 0 Å². The Kier molecular flexibility index (Phi) is 15.2. The summed E-state index contributed by atoms with van der Waals surface area (Å²) in [6.45, 7) is 4.57. The Morgan fingerprint density at radius 2 is 1.18 bits per heavy atom. The molecular formula is C19H30Cl2Ti. The van der Waals surface area contributed by atoms with Gasteiger partial charge in [0.15, 0.2) is 0 Å². The second-order valence-electron chi connectivity index (χ2n) is 5.85. The van der Waals surface area contributed by atoms with E-state index in [1.54, 1.807) is 22.3 Å². The molecule has 0 bridgehead atoms. The van der Waals surface area contributed by atoms with Gasteiger partial charge in [-0.2, -0.15) is 0 Å². The van der Waals surface area contributed by atoms with Crippen molar-refractivity contribution in [1.29, 1.82) is 0 Å². The van der Waals surface area contributed by atoms with Gasteiger partial charge in [0.2, 0.25) is 0 Å². The Morgan fingerprint density at radius 1 is 0.773 bits per heavy atom. The number of hydrogen-bond acceptors (Lipinski definition) is 0. The van der Waals surface area contributed by atoms with E-state index in [1.165, 1.54) is 57.8 Å². The predicted molar refractivity (Wildman–Crippen MR) is 99.7 cm³/mol. The molecule has 2 aliphatic rings. The minimum absolute atomic E-state index is 0. The molecule has 2 rings (SSSR count). The van der Waals surface area contributed by atoms with Crippen LogP contribution in [0.25, 0.3) is 0 Å². The Hall–Kier alpha value is 0.254. The number of hydrogen-bond donors (Lipinski definition) is 0. The monoisotopic (exact) mass is 376 g/mol. The van der Waals surface area contributed by atoms with E-state index in [9.17, 15) is 0 Å². The van der Waals surface area contributed by atoms with Gasteiger partial charge in [-0.1, -0.05) is 62.1 Å². The Bertz CT molecular complexity index is 391. The Balaban J connectivity index is 0. The van der Waals surface area contributed by atoms with Gasteiger partial charge < -0.3 is 0 Å². The van der Waals surface area contributed by atoms with Gasteiger partial charge in [-0.25, -0.2) is 0 Å². The Labute approximate surface area is 164 Å². The van der Waals surface area contributed by atoms with Crippen molar-refractivity contribution in [2.24, 2.45) is 0 Å². The van der Waals surface area contributed by atoms with E-state index in [1.807, 2.05) is 0 Å². The molecule has 0 atom stereocenters. The SMILES string of the molecule is CCCCC1=C(CC2=C(CCCC)C=CC2)CC=C1.Cl.Cl.[Ti]. The third-order valence-electron chi connectivity index (χ3n) is 4.30. The summed E-state index contributed by atoms with van der Waals surface area (Å²) in [7, 11) is 0. The topological polar surface area (TPSA) is 0 Å². The van der Waals surface area contributed by atoms with E-state index < -0.39 is 0 Å². The van der Waals surface area contributed by atoms with Crippen molar-refractivity contribution in [3.05, 3.63) is 46.6 Å².